The van der Waals surface area contributed by atoms with E-state index in [1.54, 1.807) is 24.3 Å². The van der Waals surface area contributed by atoms with Crippen molar-refractivity contribution in [1.82, 2.24) is 0 Å². The average molecular weight is 327 g/mol. The van der Waals surface area contributed by atoms with Gasteiger partial charge in [-0.05, 0) is 19.1 Å². The number of anilines is 1. The third kappa shape index (κ3) is 3.86. The zero-order valence-corrected chi connectivity index (χ0v) is 12.9. The van der Waals surface area contributed by atoms with Crippen molar-refractivity contribution in [1.29, 1.82) is 0 Å². The van der Waals surface area contributed by atoms with Gasteiger partial charge in [-0.15, -0.1) is 0 Å². The van der Waals surface area contributed by atoms with Crippen LogP contribution in [-0.4, -0.2) is 63.6 Å². The van der Waals surface area contributed by atoms with Crippen LogP contribution in [0.1, 0.15) is 12.5 Å². The van der Waals surface area contributed by atoms with Crippen molar-refractivity contribution in [2.45, 2.75) is 44.6 Å². The van der Waals surface area contributed by atoms with E-state index in [0.29, 0.717) is 5.69 Å². The molecule has 1 aromatic carbocycles. The number of hydrogen-bond donors (Lipinski definition) is 4. The summed E-state index contributed by atoms with van der Waals surface area (Å²) in [5, 5.41) is 39.5. The number of hydroxylamine groups is 1. The standard InChI is InChI=1S/C15H21NO7/c1-8-3-5-10(6-4-8)16(9(2)18)23-15-14(21)13(20)12(19)11(7-17)22-15/h3-6,11-15,17,19-21H,7H2,1-2H3/t11-,12-,13+,14-,15+/m1/s1. The van der Waals surface area contributed by atoms with Gasteiger partial charge in [0.05, 0.1) is 12.3 Å². The summed E-state index contributed by atoms with van der Waals surface area (Å²) in [5.74, 6) is -0.467. The summed E-state index contributed by atoms with van der Waals surface area (Å²) >= 11 is 0. The first-order valence-electron chi connectivity index (χ1n) is 7.19. The molecule has 1 aliphatic rings. The number of carbonyl (C=O) groups is 1. The maximum absolute atomic E-state index is 11.8. The van der Waals surface area contributed by atoms with Gasteiger partial charge in [0.15, 0.2) is 0 Å². The van der Waals surface area contributed by atoms with Gasteiger partial charge in [0, 0.05) is 6.92 Å². The Morgan fingerprint density at radius 2 is 1.78 bits per heavy atom. The first-order valence-corrected chi connectivity index (χ1v) is 7.19. The molecular formula is C15H21NO7. The number of hydrogen-bond acceptors (Lipinski definition) is 7. The summed E-state index contributed by atoms with van der Waals surface area (Å²) in [6, 6.07) is 6.87. The number of rotatable bonds is 4. The molecule has 0 bridgehead atoms. The predicted molar refractivity (Wildman–Crippen MR) is 79.2 cm³/mol. The highest BCUT2D eigenvalue weighted by Crippen LogP contribution is 2.25. The second kappa shape index (κ2) is 7.35. The third-order valence-corrected chi connectivity index (χ3v) is 3.61. The Bertz CT molecular complexity index is 533. The Morgan fingerprint density at radius 3 is 2.30 bits per heavy atom. The number of aliphatic hydroxyl groups excluding tert-OH is 4. The third-order valence-electron chi connectivity index (χ3n) is 3.61. The van der Waals surface area contributed by atoms with E-state index in [0.717, 1.165) is 10.6 Å². The van der Waals surface area contributed by atoms with E-state index in [-0.39, 0.29) is 0 Å². The minimum atomic E-state index is -1.58. The molecule has 128 valence electrons. The van der Waals surface area contributed by atoms with E-state index in [2.05, 4.69) is 0 Å². The van der Waals surface area contributed by atoms with Gasteiger partial charge in [0.1, 0.15) is 24.4 Å². The van der Waals surface area contributed by atoms with Crippen LogP contribution in [0, 0.1) is 6.92 Å². The molecular weight excluding hydrogens is 306 g/mol. The largest absolute Gasteiger partial charge is 0.394 e. The Hall–Kier alpha value is -1.55. The lowest BCUT2D eigenvalue weighted by Crippen LogP contribution is -2.60. The highest BCUT2D eigenvalue weighted by molar-refractivity contribution is 5.89. The second-order valence-electron chi connectivity index (χ2n) is 5.45. The Balaban J connectivity index is 2.19. The fourth-order valence-corrected chi connectivity index (χ4v) is 2.26. The molecule has 8 nitrogen and oxygen atoms in total. The van der Waals surface area contributed by atoms with Crippen molar-refractivity contribution >= 4 is 11.6 Å². The monoisotopic (exact) mass is 327 g/mol. The Labute approximate surface area is 133 Å². The quantitative estimate of drug-likeness (QED) is 0.528. The molecule has 23 heavy (non-hydrogen) atoms. The van der Waals surface area contributed by atoms with Gasteiger partial charge in [0.2, 0.25) is 12.2 Å². The van der Waals surface area contributed by atoms with Crippen LogP contribution < -0.4 is 5.06 Å². The van der Waals surface area contributed by atoms with E-state index < -0.39 is 43.2 Å². The normalized spacial score (nSPS) is 31.0. The molecule has 0 unspecified atom stereocenters. The molecule has 1 aromatic rings. The second-order valence-corrected chi connectivity index (χ2v) is 5.45. The number of nitrogens with zero attached hydrogens (tertiary/aromatic N) is 1. The zero-order chi connectivity index (χ0) is 17.1. The van der Waals surface area contributed by atoms with Crippen molar-refractivity contribution in [3.8, 4) is 0 Å². The fourth-order valence-electron chi connectivity index (χ4n) is 2.26. The minimum Gasteiger partial charge on any atom is -0.394 e. The summed E-state index contributed by atoms with van der Waals surface area (Å²) < 4.78 is 5.23. The lowest BCUT2D eigenvalue weighted by molar-refractivity contribution is -0.302. The summed E-state index contributed by atoms with van der Waals surface area (Å²) in [4.78, 5) is 17.2. The van der Waals surface area contributed by atoms with Crippen LogP contribution in [-0.2, 0) is 14.4 Å². The molecule has 5 atom stereocenters. The lowest BCUT2D eigenvalue weighted by atomic mass is 9.99. The van der Waals surface area contributed by atoms with Crippen LogP contribution in [0.5, 0.6) is 0 Å². The highest BCUT2D eigenvalue weighted by atomic mass is 16.8. The van der Waals surface area contributed by atoms with Crippen molar-refractivity contribution in [2.75, 3.05) is 11.7 Å². The maximum Gasteiger partial charge on any atom is 0.247 e. The van der Waals surface area contributed by atoms with Crippen LogP contribution in [0.4, 0.5) is 5.69 Å². The molecule has 1 amide bonds. The first kappa shape index (κ1) is 17.8. The van der Waals surface area contributed by atoms with Crippen molar-refractivity contribution in [3.05, 3.63) is 29.8 Å². The molecule has 0 aromatic heterocycles. The van der Waals surface area contributed by atoms with Crippen LogP contribution >= 0.6 is 0 Å². The van der Waals surface area contributed by atoms with Gasteiger partial charge in [0.25, 0.3) is 0 Å². The summed E-state index contributed by atoms with van der Waals surface area (Å²) in [7, 11) is 0. The molecule has 0 aliphatic carbocycles. The molecule has 2 rings (SSSR count). The first-order chi connectivity index (χ1) is 10.8. The van der Waals surface area contributed by atoms with Crippen LogP contribution in [0.15, 0.2) is 24.3 Å². The number of aryl methyl sites for hydroxylation is 1. The van der Waals surface area contributed by atoms with E-state index in [9.17, 15) is 20.1 Å². The van der Waals surface area contributed by atoms with Crippen LogP contribution in [0.2, 0.25) is 0 Å². The van der Waals surface area contributed by atoms with Crippen molar-refractivity contribution in [3.63, 3.8) is 0 Å². The number of ether oxygens (including phenoxy) is 1. The van der Waals surface area contributed by atoms with Gasteiger partial charge in [-0.2, -0.15) is 5.06 Å². The zero-order valence-electron chi connectivity index (χ0n) is 12.9. The van der Waals surface area contributed by atoms with E-state index in [1.807, 2.05) is 6.92 Å². The van der Waals surface area contributed by atoms with Gasteiger partial charge in [-0.1, -0.05) is 17.7 Å². The number of benzene rings is 1. The van der Waals surface area contributed by atoms with E-state index in [1.165, 1.54) is 6.92 Å². The van der Waals surface area contributed by atoms with Crippen LogP contribution in [0.25, 0.3) is 0 Å². The van der Waals surface area contributed by atoms with Gasteiger partial charge in [-0.25, -0.2) is 4.84 Å². The molecule has 1 fully saturated rings. The number of aliphatic hydroxyl groups is 4. The molecule has 1 aliphatic heterocycles. The molecule has 0 spiro atoms. The maximum atomic E-state index is 11.8. The van der Waals surface area contributed by atoms with Gasteiger partial charge >= 0.3 is 0 Å². The summed E-state index contributed by atoms with van der Waals surface area (Å²) in [5.41, 5.74) is 1.41. The van der Waals surface area contributed by atoms with E-state index in [4.69, 9.17) is 14.7 Å². The smallest absolute Gasteiger partial charge is 0.247 e. The fraction of sp³-hybridized carbons (Fsp3) is 0.533. The van der Waals surface area contributed by atoms with E-state index >= 15 is 0 Å². The number of amides is 1. The summed E-state index contributed by atoms with van der Waals surface area (Å²) in [6.45, 7) is 2.58. The Kier molecular flexibility index (Phi) is 5.69. The van der Waals surface area contributed by atoms with Crippen molar-refractivity contribution < 1.29 is 34.8 Å². The van der Waals surface area contributed by atoms with Gasteiger partial charge in [-0.3, -0.25) is 4.79 Å². The average Bonchev–Trinajstić information content (AvgIpc) is 2.53. The molecule has 0 radical (unpaired) electrons. The van der Waals surface area contributed by atoms with Gasteiger partial charge < -0.3 is 25.2 Å². The minimum absolute atomic E-state index is 0.417. The predicted octanol–water partition coefficient (Wildman–Crippen LogP) is -0.921. The molecule has 1 heterocycles. The molecule has 4 N–H and O–H groups in total. The highest BCUT2D eigenvalue weighted by Gasteiger charge is 2.45. The summed E-state index contributed by atoms with van der Waals surface area (Å²) in [6.07, 6.45) is -7.17. The SMILES string of the molecule is CC(=O)N(O[C@@H]1O[C@H](CO)[C@@H](O)[C@H](O)[C@H]1O)c1ccc(C)cc1. The van der Waals surface area contributed by atoms with Crippen molar-refractivity contribution in [2.24, 2.45) is 0 Å². The Morgan fingerprint density at radius 1 is 1.17 bits per heavy atom. The molecule has 8 heteroatoms. The lowest BCUT2D eigenvalue weighted by Gasteiger charge is -2.40. The molecule has 1 saturated heterocycles. The van der Waals surface area contributed by atoms with Crippen LogP contribution in [0.3, 0.4) is 0 Å². The number of carbonyl (C=O) groups excluding carboxylic acids is 1. The topological polar surface area (TPSA) is 120 Å². The molecule has 0 saturated carbocycles.